The minimum absolute atomic E-state index is 0.118. The molecular weight excluding hydrogens is 296 g/mol. The smallest absolute Gasteiger partial charge is 0.267 e. The van der Waals surface area contributed by atoms with Crippen molar-refractivity contribution in [3.8, 4) is 0 Å². The first kappa shape index (κ1) is 13.5. The van der Waals surface area contributed by atoms with Gasteiger partial charge in [-0.1, -0.05) is 6.92 Å². The van der Waals surface area contributed by atoms with Crippen molar-refractivity contribution in [1.82, 2.24) is 15.3 Å². The molecule has 0 spiro atoms. The van der Waals surface area contributed by atoms with Gasteiger partial charge >= 0.3 is 0 Å². The zero-order valence-corrected chi connectivity index (χ0v) is 12.2. The van der Waals surface area contributed by atoms with Crippen molar-refractivity contribution in [2.45, 2.75) is 32.2 Å². The van der Waals surface area contributed by atoms with Crippen LogP contribution in [0, 0.1) is 0 Å². The Morgan fingerprint density at radius 3 is 3.28 bits per heavy atom. The Kier molecular flexibility index (Phi) is 4.77. The van der Waals surface area contributed by atoms with E-state index >= 15 is 0 Å². The second-order valence-corrected chi connectivity index (χ2v) is 5.36. The first-order valence-electron chi connectivity index (χ1n) is 6.44. The summed E-state index contributed by atoms with van der Waals surface area (Å²) in [5.74, 6) is 0.763. The standard InChI is InChI=1S/C12H19BrN4O/c1-2-5-14-7-9-4-3-6-17(9)11-10(13)12(18)16-8-15-11/h8-9,14H,2-7H2,1H3,(H,15,16,18). The van der Waals surface area contributed by atoms with Gasteiger partial charge < -0.3 is 15.2 Å². The molecule has 1 aromatic rings. The minimum atomic E-state index is -0.118. The number of anilines is 1. The van der Waals surface area contributed by atoms with Crippen molar-refractivity contribution in [1.29, 1.82) is 0 Å². The van der Waals surface area contributed by atoms with E-state index in [1.165, 1.54) is 6.33 Å². The number of aromatic nitrogens is 2. The van der Waals surface area contributed by atoms with Crippen LogP contribution < -0.4 is 15.8 Å². The first-order chi connectivity index (χ1) is 8.74. The number of nitrogens with zero attached hydrogens (tertiary/aromatic N) is 2. The summed E-state index contributed by atoms with van der Waals surface area (Å²) in [5, 5.41) is 3.44. The second-order valence-electron chi connectivity index (χ2n) is 4.56. The predicted octanol–water partition coefficient (Wildman–Crippen LogP) is 1.50. The zero-order chi connectivity index (χ0) is 13.0. The Morgan fingerprint density at radius 2 is 2.50 bits per heavy atom. The molecule has 0 aromatic carbocycles. The van der Waals surface area contributed by atoms with E-state index in [1.807, 2.05) is 0 Å². The van der Waals surface area contributed by atoms with Gasteiger partial charge in [-0.05, 0) is 41.7 Å². The zero-order valence-electron chi connectivity index (χ0n) is 10.6. The number of hydrogen-bond acceptors (Lipinski definition) is 4. The highest BCUT2D eigenvalue weighted by Crippen LogP contribution is 2.27. The topological polar surface area (TPSA) is 61.0 Å². The highest BCUT2D eigenvalue weighted by molar-refractivity contribution is 9.10. The van der Waals surface area contributed by atoms with E-state index in [2.05, 4.69) is 43.0 Å². The number of halogens is 1. The van der Waals surface area contributed by atoms with Gasteiger partial charge in [-0.2, -0.15) is 0 Å². The number of nitrogens with one attached hydrogen (secondary N) is 2. The molecule has 100 valence electrons. The van der Waals surface area contributed by atoms with Gasteiger partial charge in [-0.3, -0.25) is 4.79 Å². The highest BCUT2D eigenvalue weighted by atomic mass is 79.9. The molecule has 18 heavy (non-hydrogen) atoms. The van der Waals surface area contributed by atoms with Gasteiger partial charge in [-0.25, -0.2) is 4.98 Å². The molecule has 0 amide bonds. The fourth-order valence-electron chi connectivity index (χ4n) is 2.35. The van der Waals surface area contributed by atoms with E-state index in [1.54, 1.807) is 0 Å². The molecule has 1 saturated heterocycles. The average Bonchev–Trinajstić information content (AvgIpc) is 2.81. The van der Waals surface area contributed by atoms with Gasteiger partial charge in [0.05, 0.1) is 6.33 Å². The third kappa shape index (κ3) is 2.92. The third-order valence-corrected chi connectivity index (χ3v) is 3.95. The summed E-state index contributed by atoms with van der Waals surface area (Å²) in [6.07, 6.45) is 4.91. The van der Waals surface area contributed by atoms with Crippen LogP contribution in [0.5, 0.6) is 0 Å². The largest absolute Gasteiger partial charge is 0.351 e. The molecule has 6 heteroatoms. The molecule has 2 rings (SSSR count). The Balaban J connectivity index is 2.11. The number of rotatable bonds is 5. The Morgan fingerprint density at radius 1 is 1.67 bits per heavy atom. The molecule has 1 atom stereocenters. The summed E-state index contributed by atoms with van der Waals surface area (Å²) < 4.78 is 0.535. The Bertz CT molecular complexity index is 448. The lowest BCUT2D eigenvalue weighted by Gasteiger charge is -2.26. The fraction of sp³-hybridized carbons (Fsp3) is 0.667. The van der Waals surface area contributed by atoms with Gasteiger partial charge in [0.25, 0.3) is 5.56 Å². The predicted molar refractivity (Wildman–Crippen MR) is 76.1 cm³/mol. The maximum Gasteiger partial charge on any atom is 0.267 e. The molecule has 5 nitrogen and oxygen atoms in total. The molecule has 2 heterocycles. The van der Waals surface area contributed by atoms with Gasteiger partial charge in [0.15, 0.2) is 5.82 Å². The van der Waals surface area contributed by atoms with Crippen LogP contribution in [0.2, 0.25) is 0 Å². The van der Waals surface area contributed by atoms with Crippen LogP contribution in [0.4, 0.5) is 5.82 Å². The lowest BCUT2D eigenvalue weighted by molar-refractivity contribution is 0.567. The van der Waals surface area contributed by atoms with E-state index in [4.69, 9.17) is 0 Å². The van der Waals surface area contributed by atoms with Gasteiger partial charge in [0.2, 0.25) is 0 Å². The van der Waals surface area contributed by atoms with E-state index in [0.29, 0.717) is 10.5 Å². The summed E-state index contributed by atoms with van der Waals surface area (Å²) in [6.45, 7) is 5.12. The van der Waals surface area contributed by atoms with Crippen LogP contribution in [-0.4, -0.2) is 35.6 Å². The lowest BCUT2D eigenvalue weighted by atomic mass is 10.2. The molecule has 0 bridgehead atoms. The second kappa shape index (κ2) is 6.33. The number of aromatic amines is 1. The molecule has 1 aliphatic heterocycles. The summed E-state index contributed by atoms with van der Waals surface area (Å²) in [7, 11) is 0. The molecule has 0 radical (unpaired) electrons. The average molecular weight is 315 g/mol. The molecule has 0 saturated carbocycles. The molecule has 2 N–H and O–H groups in total. The van der Waals surface area contributed by atoms with E-state index in [9.17, 15) is 4.79 Å². The van der Waals surface area contributed by atoms with E-state index < -0.39 is 0 Å². The molecule has 1 aliphatic rings. The molecule has 1 unspecified atom stereocenters. The van der Waals surface area contributed by atoms with Gasteiger partial charge in [-0.15, -0.1) is 0 Å². The molecular formula is C12H19BrN4O. The number of hydrogen-bond donors (Lipinski definition) is 2. The fourth-order valence-corrected chi connectivity index (χ4v) is 2.79. The van der Waals surface area contributed by atoms with Crippen LogP contribution in [0.1, 0.15) is 26.2 Å². The van der Waals surface area contributed by atoms with Crippen LogP contribution in [-0.2, 0) is 0 Å². The monoisotopic (exact) mass is 314 g/mol. The SMILES string of the molecule is CCCNCC1CCCN1c1nc[nH]c(=O)c1Br. The Hall–Kier alpha value is -0.880. The van der Waals surface area contributed by atoms with Crippen molar-refractivity contribution in [3.05, 3.63) is 21.2 Å². The summed E-state index contributed by atoms with van der Waals surface area (Å²) in [4.78, 5) is 20.7. The highest BCUT2D eigenvalue weighted by Gasteiger charge is 2.27. The first-order valence-corrected chi connectivity index (χ1v) is 7.24. The van der Waals surface area contributed by atoms with E-state index in [-0.39, 0.29) is 5.56 Å². The summed E-state index contributed by atoms with van der Waals surface area (Å²) >= 11 is 3.33. The van der Waals surface area contributed by atoms with Crippen molar-refractivity contribution in [3.63, 3.8) is 0 Å². The van der Waals surface area contributed by atoms with E-state index in [0.717, 1.165) is 44.7 Å². The van der Waals surface area contributed by atoms with Crippen LogP contribution >= 0.6 is 15.9 Å². The van der Waals surface area contributed by atoms with Gasteiger partial charge in [0.1, 0.15) is 4.47 Å². The molecule has 1 fully saturated rings. The van der Waals surface area contributed by atoms with Crippen molar-refractivity contribution >= 4 is 21.7 Å². The van der Waals surface area contributed by atoms with Crippen LogP contribution in [0.15, 0.2) is 15.6 Å². The van der Waals surface area contributed by atoms with Gasteiger partial charge in [0, 0.05) is 19.1 Å². The van der Waals surface area contributed by atoms with Crippen LogP contribution in [0.25, 0.3) is 0 Å². The quantitative estimate of drug-likeness (QED) is 0.809. The van der Waals surface area contributed by atoms with Crippen LogP contribution in [0.3, 0.4) is 0 Å². The Labute approximate surface area is 115 Å². The normalized spacial score (nSPS) is 19.4. The molecule has 1 aromatic heterocycles. The van der Waals surface area contributed by atoms with Crippen molar-refractivity contribution in [2.75, 3.05) is 24.5 Å². The van der Waals surface area contributed by atoms with Crippen molar-refractivity contribution < 1.29 is 0 Å². The lowest BCUT2D eigenvalue weighted by Crippen LogP contribution is -2.39. The van der Waals surface area contributed by atoms with Crippen molar-refractivity contribution in [2.24, 2.45) is 0 Å². The third-order valence-electron chi connectivity index (χ3n) is 3.23. The minimum Gasteiger partial charge on any atom is -0.351 e. The molecule has 0 aliphatic carbocycles. The number of H-pyrrole nitrogens is 1. The summed E-state index contributed by atoms with van der Waals surface area (Å²) in [6, 6.07) is 0.433. The summed E-state index contributed by atoms with van der Waals surface area (Å²) in [5.41, 5.74) is -0.118. The maximum absolute atomic E-state index is 11.6. The maximum atomic E-state index is 11.6.